The van der Waals surface area contributed by atoms with Crippen molar-refractivity contribution in [3.63, 3.8) is 0 Å². The van der Waals surface area contributed by atoms with E-state index in [2.05, 4.69) is 23.9 Å². The SMILES string of the molecule is COC(=O)CNCC(C)(C)C1CCCC1. The molecule has 3 nitrogen and oxygen atoms in total. The van der Waals surface area contributed by atoms with E-state index in [0.717, 1.165) is 12.5 Å². The number of carbonyl (C=O) groups is 1. The lowest BCUT2D eigenvalue weighted by molar-refractivity contribution is -0.139. The molecule has 0 atom stereocenters. The van der Waals surface area contributed by atoms with Gasteiger partial charge in [-0.1, -0.05) is 26.7 Å². The van der Waals surface area contributed by atoms with Gasteiger partial charge in [-0.25, -0.2) is 0 Å². The molecular formula is C12H23NO2. The van der Waals surface area contributed by atoms with Crippen LogP contribution in [0.4, 0.5) is 0 Å². The Balaban J connectivity index is 2.26. The van der Waals surface area contributed by atoms with Gasteiger partial charge in [-0.15, -0.1) is 0 Å². The van der Waals surface area contributed by atoms with Crippen molar-refractivity contribution in [3.8, 4) is 0 Å². The molecule has 0 bridgehead atoms. The highest BCUT2D eigenvalue weighted by atomic mass is 16.5. The molecule has 0 unspecified atom stereocenters. The second kappa shape index (κ2) is 5.50. The van der Waals surface area contributed by atoms with Crippen LogP contribution >= 0.6 is 0 Å². The smallest absolute Gasteiger partial charge is 0.319 e. The third-order valence-electron chi connectivity index (χ3n) is 3.54. The van der Waals surface area contributed by atoms with Crippen molar-refractivity contribution in [2.45, 2.75) is 39.5 Å². The highest BCUT2D eigenvalue weighted by Crippen LogP contribution is 2.38. The molecule has 0 aliphatic heterocycles. The molecule has 3 heteroatoms. The Morgan fingerprint density at radius 1 is 1.40 bits per heavy atom. The lowest BCUT2D eigenvalue weighted by Gasteiger charge is -2.31. The Hall–Kier alpha value is -0.570. The molecule has 0 aromatic heterocycles. The zero-order chi connectivity index (χ0) is 11.3. The van der Waals surface area contributed by atoms with Crippen LogP contribution in [0.2, 0.25) is 0 Å². The van der Waals surface area contributed by atoms with Crippen LogP contribution in [0.5, 0.6) is 0 Å². The molecule has 1 aliphatic rings. The van der Waals surface area contributed by atoms with Crippen molar-refractivity contribution in [1.82, 2.24) is 5.32 Å². The van der Waals surface area contributed by atoms with Crippen LogP contribution in [0.1, 0.15) is 39.5 Å². The lowest BCUT2D eigenvalue weighted by Crippen LogP contribution is -2.37. The molecule has 0 spiro atoms. The van der Waals surface area contributed by atoms with Crippen LogP contribution in [0.3, 0.4) is 0 Å². The van der Waals surface area contributed by atoms with Gasteiger partial charge in [-0.05, 0) is 24.2 Å². The van der Waals surface area contributed by atoms with Gasteiger partial charge in [0.05, 0.1) is 13.7 Å². The third kappa shape index (κ3) is 3.82. The zero-order valence-electron chi connectivity index (χ0n) is 10.1. The monoisotopic (exact) mass is 213 g/mol. The molecule has 0 aromatic rings. The standard InChI is InChI=1S/C12H23NO2/c1-12(2,10-6-4-5-7-10)9-13-8-11(14)15-3/h10,13H,4-9H2,1-3H3. The Kier molecular flexibility index (Phi) is 4.58. The van der Waals surface area contributed by atoms with E-state index in [1.54, 1.807) is 0 Å². The minimum atomic E-state index is -0.183. The molecule has 1 saturated carbocycles. The van der Waals surface area contributed by atoms with E-state index >= 15 is 0 Å². The molecular weight excluding hydrogens is 190 g/mol. The minimum absolute atomic E-state index is 0.183. The summed E-state index contributed by atoms with van der Waals surface area (Å²) in [5, 5.41) is 3.18. The van der Waals surface area contributed by atoms with Crippen molar-refractivity contribution >= 4 is 5.97 Å². The summed E-state index contributed by atoms with van der Waals surface area (Å²) in [5.41, 5.74) is 0.296. The zero-order valence-corrected chi connectivity index (χ0v) is 10.1. The molecule has 0 amide bonds. The van der Waals surface area contributed by atoms with Gasteiger partial charge in [0.1, 0.15) is 0 Å². The van der Waals surface area contributed by atoms with Gasteiger partial charge in [-0.2, -0.15) is 0 Å². The summed E-state index contributed by atoms with van der Waals surface area (Å²) in [6, 6.07) is 0. The Bertz CT molecular complexity index is 208. The van der Waals surface area contributed by atoms with Crippen LogP contribution < -0.4 is 5.32 Å². The van der Waals surface area contributed by atoms with Gasteiger partial charge >= 0.3 is 5.97 Å². The van der Waals surface area contributed by atoms with E-state index in [1.807, 2.05) is 0 Å². The summed E-state index contributed by atoms with van der Waals surface area (Å²) in [5.74, 6) is 0.625. The fourth-order valence-electron chi connectivity index (χ4n) is 2.41. The van der Waals surface area contributed by atoms with Crippen LogP contribution in [0.25, 0.3) is 0 Å². The van der Waals surface area contributed by atoms with Crippen molar-refractivity contribution in [3.05, 3.63) is 0 Å². The second-order valence-corrected chi connectivity index (χ2v) is 5.15. The number of ether oxygens (including phenoxy) is 1. The Morgan fingerprint density at radius 3 is 2.53 bits per heavy atom. The molecule has 1 aliphatic carbocycles. The summed E-state index contributed by atoms with van der Waals surface area (Å²) in [7, 11) is 1.42. The van der Waals surface area contributed by atoms with Crippen molar-refractivity contribution in [2.24, 2.45) is 11.3 Å². The van der Waals surface area contributed by atoms with E-state index in [1.165, 1.54) is 32.8 Å². The number of nitrogens with one attached hydrogen (secondary N) is 1. The molecule has 1 N–H and O–H groups in total. The average molecular weight is 213 g/mol. The first-order valence-corrected chi connectivity index (χ1v) is 5.84. The number of esters is 1. The number of methoxy groups -OCH3 is 1. The van der Waals surface area contributed by atoms with E-state index in [0.29, 0.717) is 12.0 Å². The molecule has 0 aromatic carbocycles. The maximum atomic E-state index is 10.9. The number of rotatable bonds is 5. The van der Waals surface area contributed by atoms with Gasteiger partial charge in [0.15, 0.2) is 0 Å². The normalized spacial score (nSPS) is 18.1. The molecule has 1 rings (SSSR count). The maximum absolute atomic E-state index is 10.9. The van der Waals surface area contributed by atoms with Gasteiger partial charge < -0.3 is 10.1 Å². The fraction of sp³-hybridized carbons (Fsp3) is 0.917. The van der Waals surface area contributed by atoms with Crippen LogP contribution in [-0.4, -0.2) is 26.2 Å². The lowest BCUT2D eigenvalue weighted by atomic mass is 9.78. The summed E-state index contributed by atoms with van der Waals surface area (Å²) < 4.78 is 4.59. The predicted molar refractivity (Wildman–Crippen MR) is 60.6 cm³/mol. The topological polar surface area (TPSA) is 38.3 Å². The molecule has 15 heavy (non-hydrogen) atoms. The van der Waals surface area contributed by atoms with Gasteiger partial charge in [0.25, 0.3) is 0 Å². The number of hydrogen-bond acceptors (Lipinski definition) is 3. The Morgan fingerprint density at radius 2 is 2.00 bits per heavy atom. The molecule has 1 fully saturated rings. The van der Waals surface area contributed by atoms with Crippen LogP contribution in [0.15, 0.2) is 0 Å². The molecule has 0 heterocycles. The summed E-state index contributed by atoms with van der Waals surface area (Å²) in [6.07, 6.45) is 5.41. The number of hydrogen-bond donors (Lipinski definition) is 1. The van der Waals surface area contributed by atoms with Crippen LogP contribution in [-0.2, 0) is 9.53 Å². The van der Waals surface area contributed by atoms with Crippen molar-refractivity contribution in [2.75, 3.05) is 20.2 Å². The van der Waals surface area contributed by atoms with Gasteiger partial charge in [0, 0.05) is 6.54 Å². The second-order valence-electron chi connectivity index (χ2n) is 5.15. The quantitative estimate of drug-likeness (QED) is 0.710. The minimum Gasteiger partial charge on any atom is -0.468 e. The van der Waals surface area contributed by atoms with Crippen molar-refractivity contribution < 1.29 is 9.53 Å². The molecule has 0 saturated heterocycles. The summed E-state index contributed by atoms with van der Waals surface area (Å²) >= 11 is 0. The van der Waals surface area contributed by atoms with Crippen LogP contribution in [0, 0.1) is 11.3 Å². The maximum Gasteiger partial charge on any atom is 0.319 e. The first kappa shape index (κ1) is 12.5. The third-order valence-corrected chi connectivity index (χ3v) is 3.54. The highest BCUT2D eigenvalue weighted by molar-refractivity contribution is 5.71. The number of carbonyl (C=O) groups excluding carboxylic acids is 1. The van der Waals surface area contributed by atoms with Crippen molar-refractivity contribution in [1.29, 1.82) is 0 Å². The van der Waals surface area contributed by atoms with E-state index in [-0.39, 0.29) is 5.97 Å². The highest BCUT2D eigenvalue weighted by Gasteiger charge is 2.31. The summed E-state index contributed by atoms with van der Waals surface area (Å²) in [6.45, 7) is 5.79. The summed E-state index contributed by atoms with van der Waals surface area (Å²) in [4.78, 5) is 10.9. The van der Waals surface area contributed by atoms with E-state index < -0.39 is 0 Å². The first-order valence-electron chi connectivity index (χ1n) is 5.84. The average Bonchev–Trinajstić information content (AvgIpc) is 2.70. The van der Waals surface area contributed by atoms with E-state index in [9.17, 15) is 4.79 Å². The molecule has 88 valence electrons. The van der Waals surface area contributed by atoms with E-state index in [4.69, 9.17) is 0 Å². The fourth-order valence-corrected chi connectivity index (χ4v) is 2.41. The van der Waals surface area contributed by atoms with Gasteiger partial charge in [-0.3, -0.25) is 4.79 Å². The first-order chi connectivity index (χ1) is 7.06. The van der Waals surface area contributed by atoms with Gasteiger partial charge in [0.2, 0.25) is 0 Å². The molecule has 0 radical (unpaired) electrons. The predicted octanol–water partition coefficient (Wildman–Crippen LogP) is 1.97. The largest absolute Gasteiger partial charge is 0.468 e. The Labute approximate surface area is 92.6 Å².